The van der Waals surface area contributed by atoms with E-state index >= 15 is 0 Å². The topological polar surface area (TPSA) is 12.0 Å². The van der Waals surface area contributed by atoms with Crippen LogP contribution in [0.15, 0.2) is 17.7 Å². The van der Waals surface area contributed by atoms with Gasteiger partial charge in [-0.3, -0.25) is 0 Å². The van der Waals surface area contributed by atoms with E-state index in [1.165, 1.54) is 28.0 Å². The highest BCUT2D eigenvalue weighted by Crippen LogP contribution is 2.27. The molecule has 0 saturated heterocycles. The normalized spacial score (nSPS) is 14.5. The molecular formula is C12H15N. The summed E-state index contributed by atoms with van der Waals surface area (Å²) in [5.41, 5.74) is 6.73. The van der Waals surface area contributed by atoms with Crippen LogP contribution in [0, 0.1) is 13.8 Å². The number of fused-ring (bicyclic) bond motifs is 1. The Kier molecular flexibility index (Phi) is 1.87. The second-order valence-electron chi connectivity index (χ2n) is 3.89. The van der Waals surface area contributed by atoms with Gasteiger partial charge < -0.3 is 5.32 Å². The van der Waals surface area contributed by atoms with Crippen LogP contribution in [0.4, 0.5) is 5.69 Å². The van der Waals surface area contributed by atoms with Crippen molar-refractivity contribution in [3.63, 3.8) is 0 Å². The zero-order chi connectivity index (χ0) is 9.42. The van der Waals surface area contributed by atoms with Gasteiger partial charge in [-0.25, -0.2) is 0 Å². The first-order chi connectivity index (χ1) is 6.16. The van der Waals surface area contributed by atoms with E-state index < -0.39 is 0 Å². The molecule has 0 amide bonds. The third kappa shape index (κ3) is 1.46. The van der Waals surface area contributed by atoms with Gasteiger partial charge in [0.1, 0.15) is 0 Å². The van der Waals surface area contributed by atoms with Gasteiger partial charge in [-0.1, -0.05) is 17.7 Å². The molecule has 0 atom stereocenters. The number of hydrogen-bond donors (Lipinski definition) is 1. The van der Waals surface area contributed by atoms with Crippen molar-refractivity contribution < 1.29 is 0 Å². The van der Waals surface area contributed by atoms with E-state index in [0.717, 1.165) is 6.54 Å². The summed E-state index contributed by atoms with van der Waals surface area (Å²) in [7, 11) is 0. The molecule has 1 heterocycles. The molecule has 1 heteroatoms. The molecule has 13 heavy (non-hydrogen) atoms. The average Bonchev–Trinajstić information content (AvgIpc) is 2.06. The summed E-state index contributed by atoms with van der Waals surface area (Å²) in [5, 5.41) is 3.43. The number of hydrogen-bond acceptors (Lipinski definition) is 1. The summed E-state index contributed by atoms with van der Waals surface area (Å²) < 4.78 is 0. The van der Waals surface area contributed by atoms with Crippen molar-refractivity contribution in [2.24, 2.45) is 0 Å². The van der Waals surface area contributed by atoms with E-state index in [0.29, 0.717) is 0 Å². The SMILES string of the molecule is CC1=Cc2c(C)cc(C)cc2NC1. The molecule has 68 valence electrons. The van der Waals surface area contributed by atoms with Crippen molar-refractivity contribution in [1.29, 1.82) is 0 Å². The number of aryl methyl sites for hydroxylation is 2. The average molecular weight is 173 g/mol. The van der Waals surface area contributed by atoms with E-state index in [1.54, 1.807) is 0 Å². The Balaban J connectivity index is 2.61. The number of benzene rings is 1. The predicted octanol–water partition coefficient (Wildman–Crippen LogP) is 3.13. The standard InChI is InChI=1S/C12H15N/c1-8-4-10(3)11-5-9(2)7-13-12(11)6-8/h4-6,13H,7H2,1-3H3. The van der Waals surface area contributed by atoms with Crippen LogP contribution in [0.1, 0.15) is 23.6 Å². The first-order valence-corrected chi connectivity index (χ1v) is 4.69. The highest BCUT2D eigenvalue weighted by Gasteiger charge is 2.09. The van der Waals surface area contributed by atoms with Crippen LogP contribution < -0.4 is 5.32 Å². The molecule has 0 spiro atoms. The second kappa shape index (κ2) is 2.91. The van der Waals surface area contributed by atoms with Crippen molar-refractivity contribution in [2.75, 3.05) is 11.9 Å². The molecular weight excluding hydrogens is 158 g/mol. The summed E-state index contributed by atoms with van der Waals surface area (Å²) in [4.78, 5) is 0. The van der Waals surface area contributed by atoms with Gasteiger partial charge in [0.25, 0.3) is 0 Å². The number of anilines is 1. The maximum atomic E-state index is 3.43. The number of rotatable bonds is 0. The summed E-state index contributed by atoms with van der Waals surface area (Å²) in [6.07, 6.45) is 2.28. The molecule has 1 aromatic carbocycles. The van der Waals surface area contributed by atoms with E-state index in [4.69, 9.17) is 0 Å². The lowest BCUT2D eigenvalue weighted by atomic mass is 9.98. The van der Waals surface area contributed by atoms with Crippen molar-refractivity contribution in [1.82, 2.24) is 0 Å². The Morgan fingerprint density at radius 3 is 2.69 bits per heavy atom. The fourth-order valence-corrected chi connectivity index (χ4v) is 1.85. The Hall–Kier alpha value is -1.24. The second-order valence-corrected chi connectivity index (χ2v) is 3.89. The van der Waals surface area contributed by atoms with Gasteiger partial charge in [0.2, 0.25) is 0 Å². The zero-order valence-electron chi connectivity index (χ0n) is 8.44. The maximum Gasteiger partial charge on any atom is 0.0421 e. The van der Waals surface area contributed by atoms with Crippen molar-refractivity contribution in [3.05, 3.63) is 34.4 Å². The predicted molar refractivity (Wildman–Crippen MR) is 58.1 cm³/mol. The maximum absolute atomic E-state index is 3.43. The highest BCUT2D eigenvalue weighted by molar-refractivity contribution is 5.74. The lowest BCUT2D eigenvalue weighted by molar-refractivity contribution is 1.18. The number of nitrogens with one attached hydrogen (secondary N) is 1. The molecule has 0 aromatic heterocycles. The van der Waals surface area contributed by atoms with Crippen LogP contribution in [0.2, 0.25) is 0 Å². The van der Waals surface area contributed by atoms with Crippen LogP contribution in [-0.2, 0) is 0 Å². The van der Waals surface area contributed by atoms with Gasteiger partial charge in [-0.2, -0.15) is 0 Å². The van der Waals surface area contributed by atoms with Gasteiger partial charge in [-0.15, -0.1) is 0 Å². The summed E-state index contributed by atoms with van der Waals surface area (Å²) in [6, 6.07) is 4.45. The molecule has 1 aliphatic rings. The first-order valence-electron chi connectivity index (χ1n) is 4.69. The zero-order valence-corrected chi connectivity index (χ0v) is 8.44. The van der Waals surface area contributed by atoms with Gasteiger partial charge in [-0.05, 0) is 38.0 Å². The Bertz CT molecular complexity index is 375. The fraction of sp³-hybridized carbons (Fsp3) is 0.333. The lowest BCUT2D eigenvalue weighted by Gasteiger charge is -2.19. The minimum Gasteiger partial charge on any atom is -0.381 e. The van der Waals surface area contributed by atoms with Crippen molar-refractivity contribution >= 4 is 11.8 Å². The molecule has 0 saturated carbocycles. The molecule has 1 nitrogen and oxygen atoms in total. The summed E-state index contributed by atoms with van der Waals surface area (Å²) >= 11 is 0. The minimum absolute atomic E-state index is 0.982. The van der Waals surface area contributed by atoms with Crippen LogP contribution in [0.5, 0.6) is 0 Å². The molecule has 0 unspecified atom stereocenters. The molecule has 1 aromatic rings. The highest BCUT2D eigenvalue weighted by atomic mass is 14.9. The van der Waals surface area contributed by atoms with E-state index in [2.05, 4.69) is 44.3 Å². The van der Waals surface area contributed by atoms with E-state index in [9.17, 15) is 0 Å². The minimum atomic E-state index is 0.982. The quantitative estimate of drug-likeness (QED) is 0.635. The third-order valence-corrected chi connectivity index (χ3v) is 2.48. The van der Waals surface area contributed by atoms with Crippen molar-refractivity contribution in [3.8, 4) is 0 Å². The third-order valence-electron chi connectivity index (χ3n) is 2.48. The molecule has 0 bridgehead atoms. The smallest absolute Gasteiger partial charge is 0.0421 e. The Labute approximate surface area is 79.5 Å². The Morgan fingerprint density at radius 1 is 1.15 bits per heavy atom. The van der Waals surface area contributed by atoms with Crippen LogP contribution in [0.25, 0.3) is 6.08 Å². The molecule has 0 radical (unpaired) electrons. The molecule has 0 aliphatic carbocycles. The van der Waals surface area contributed by atoms with Crippen molar-refractivity contribution in [2.45, 2.75) is 20.8 Å². The molecule has 1 aliphatic heterocycles. The summed E-state index contributed by atoms with van der Waals surface area (Å²) in [5.74, 6) is 0. The van der Waals surface area contributed by atoms with E-state index in [-0.39, 0.29) is 0 Å². The van der Waals surface area contributed by atoms with Gasteiger partial charge in [0.05, 0.1) is 0 Å². The molecule has 0 fully saturated rings. The molecule has 1 N–H and O–H groups in total. The van der Waals surface area contributed by atoms with Gasteiger partial charge >= 0.3 is 0 Å². The first kappa shape index (κ1) is 8.36. The van der Waals surface area contributed by atoms with Crippen LogP contribution >= 0.6 is 0 Å². The largest absolute Gasteiger partial charge is 0.381 e. The fourth-order valence-electron chi connectivity index (χ4n) is 1.85. The van der Waals surface area contributed by atoms with Gasteiger partial charge in [0, 0.05) is 17.8 Å². The Morgan fingerprint density at radius 2 is 1.92 bits per heavy atom. The van der Waals surface area contributed by atoms with E-state index in [1.807, 2.05) is 0 Å². The monoisotopic (exact) mass is 173 g/mol. The van der Waals surface area contributed by atoms with Crippen LogP contribution in [-0.4, -0.2) is 6.54 Å². The summed E-state index contributed by atoms with van der Waals surface area (Å²) in [6.45, 7) is 7.45. The lowest BCUT2D eigenvalue weighted by Crippen LogP contribution is -2.09. The van der Waals surface area contributed by atoms with Gasteiger partial charge in [0.15, 0.2) is 0 Å². The molecule has 2 rings (SSSR count). The van der Waals surface area contributed by atoms with Crippen LogP contribution in [0.3, 0.4) is 0 Å².